The Kier molecular flexibility index (Phi) is 8.99. The average Bonchev–Trinajstić information content (AvgIpc) is 2.88. The van der Waals surface area contributed by atoms with E-state index >= 15 is 0 Å². The number of anilines is 1. The molecule has 214 valence electrons. The van der Waals surface area contributed by atoms with Gasteiger partial charge in [-0.1, -0.05) is 0 Å². The standard InChI is InChI=1S/C28H40N4O7/c1-19-17-22(5-6-23(19)32-16-11-24(33)29-26(32)35)37-18-25(34)30-12-7-20(8-13-30)38-21-9-14-31(15-10-21)27(36)39-28(2,3)4/h5-6,17,20-21H,7-16,18H2,1-4H3,(H,29,33,35). The highest BCUT2D eigenvalue weighted by atomic mass is 16.6. The summed E-state index contributed by atoms with van der Waals surface area (Å²) < 4.78 is 17.5. The molecule has 0 radical (unpaired) electrons. The highest BCUT2D eigenvalue weighted by Crippen LogP contribution is 2.27. The van der Waals surface area contributed by atoms with Crippen LogP contribution in [0.4, 0.5) is 15.3 Å². The first-order chi connectivity index (χ1) is 18.5. The van der Waals surface area contributed by atoms with Gasteiger partial charge in [-0.05, 0) is 77.1 Å². The molecular weight excluding hydrogens is 504 g/mol. The molecule has 0 atom stereocenters. The largest absolute Gasteiger partial charge is 0.484 e. The molecule has 3 aliphatic heterocycles. The Morgan fingerprint density at radius 1 is 0.949 bits per heavy atom. The lowest BCUT2D eigenvalue weighted by Gasteiger charge is -2.37. The van der Waals surface area contributed by atoms with Crippen LogP contribution in [0, 0.1) is 6.92 Å². The number of carbonyl (C=O) groups is 4. The first-order valence-corrected chi connectivity index (χ1v) is 13.7. The summed E-state index contributed by atoms with van der Waals surface area (Å²) in [6.07, 6.45) is 3.31. The number of hydrogen-bond donors (Lipinski definition) is 1. The molecule has 5 amide bonds. The SMILES string of the molecule is Cc1cc(OCC(=O)N2CCC(OC3CCN(C(=O)OC(C)(C)C)CC3)CC2)ccc1N1CCC(=O)NC1=O. The van der Waals surface area contributed by atoms with E-state index in [4.69, 9.17) is 14.2 Å². The van der Waals surface area contributed by atoms with Gasteiger partial charge in [0, 0.05) is 44.8 Å². The minimum absolute atomic E-state index is 0.0634. The quantitative estimate of drug-likeness (QED) is 0.584. The molecule has 3 aliphatic rings. The molecule has 0 aliphatic carbocycles. The molecule has 1 N–H and O–H groups in total. The second kappa shape index (κ2) is 12.2. The fourth-order valence-corrected chi connectivity index (χ4v) is 5.07. The van der Waals surface area contributed by atoms with Gasteiger partial charge in [-0.15, -0.1) is 0 Å². The normalized spacial score (nSPS) is 19.6. The Hall–Kier alpha value is -3.34. The summed E-state index contributed by atoms with van der Waals surface area (Å²) in [5.41, 5.74) is 1.02. The minimum atomic E-state index is -0.500. The lowest BCUT2D eigenvalue weighted by atomic mass is 10.0. The molecule has 11 nitrogen and oxygen atoms in total. The molecule has 3 fully saturated rings. The average molecular weight is 545 g/mol. The highest BCUT2D eigenvalue weighted by molar-refractivity contribution is 6.05. The van der Waals surface area contributed by atoms with Crippen LogP contribution in [0.5, 0.6) is 5.75 Å². The lowest BCUT2D eigenvalue weighted by molar-refractivity contribution is -0.137. The Labute approximate surface area is 229 Å². The van der Waals surface area contributed by atoms with Gasteiger partial charge in [-0.25, -0.2) is 9.59 Å². The van der Waals surface area contributed by atoms with E-state index in [2.05, 4.69) is 5.32 Å². The lowest BCUT2D eigenvalue weighted by Crippen LogP contribution is -2.49. The van der Waals surface area contributed by atoms with Crippen molar-refractivity contribution in [1.82, 2.24) is 15.1 Å². The molecular formula is C28H40N4O7. The number of aryl methyl sites for hydroxylation is 1. The number of ether oxygens (including phenoxy) is 3. The predicted octanol–water partition coefficient (Wildman–Crippen LogP) is 3.23. The van der Waals surface area contributed by atoms with Gasteiger partial charge in [-0.3, -0.25) is 19.8 Å². The van der Waals surface area contributed by atoms with Crippen molar-refractivity contribution >= 4 is 29.6 Å². The second-order valence-electron chi connectivity index (χ2n) is 11.4. The monoisotopic (exact) mass is 544 g/mol. The number of imide groups is 1. The maximum Gasteiger partial charge on any atom is 0.410 e. The fourth-order valence-electron chi connectivity index (χ4n) is 5.07. The summed E-state index contributed by atoms with van der Waals surface area (Å²) >= 11 is 0. The van der Waals surface area contributed by atoms with E-state index in [0.29, 0.717) is 44.2 Å². The molecule has 0 aromatic heterocycles. The number of urea groups is 1. The number of piperidine rings is 2. The van der Waals surface area contributed by atoms with E-state index in [0.717, 1.165) is 31.2 Å². The van der Waals surface area contributed by atoms with Crippen molar-refractivity contribution in [3.8, 4) is 5.75 Å². The summed E-state index contributed by atoms with van der Waals surface area (Å²) in [4.78, 5) is 53.6. The van der Waals surface area contributed by atoms with Gasteiger partial charge in [0.2, 0.25) is 5.91 Å². The summed E-state index contributed by atoms with van der Waals surface area (Å²) in [6, 6.07) is 4.86. The van der Waals surface area contributed by atoms with Crippen LogP contribution in [0.3, 0.4) is 0 Å². The van der Waals surface area contributed by atoms with Crippen LogP contribution in [0.15, 0.2) is 18.2 Å². The zero-order chi connectivity index (χ0) is 28.2. The number of nitrogens with one attached hydrogen (secondary N) is 1. The molecule has 0 unspecified atom stereocenters. The third-order valence-corrected chi connectivity index (χ3v) is 7.15. The van der Waals surface area contributed by atoms with Crippen LogP contribution in [0.25, 0.3) is 0 Å². The Morgan fingerprint density at radius 2 is 1.56 bits per heavy atom. The second-order valence-corrected chi connectivity index (χ2v) is 11.4. The van der Waals surface area contributed by atoms with Crippen LogP contribution in [0.1, 0.15) is 58.4 Å². The van der Waals surface area contributed by atoms with E-state index in [9.17, 15) is 19.2 Å². The van der Waals surface area contributed by atoms with Crippen molar-refractivity contribution in [3.63, 3.8) is 0 Å². The highest BCUT2D eigenvalue weighted by Gasteiger charge is 2.31. The molecule has 3 saturated heterocycles. The Balaban J connectivity index is 1.16. The Bertz CT molecular complexity index is 1070. The number of hydrogen-bond acceptors (Lipinski definition) is 7. The molecule has 4 rings (SSSR count). The third kappa shape index (κ3) is 7.84. The van der Waals surface area contributed by atoms with Crippen LogP contribution in [-0.4, -0.2) is 90.9 Å². The molecule has 11 heteroatoms. The maximum absolute atomic E-state index is 12.8. The molecule has 1 aromatic rings. The van der Waals surface area contributed by atoms with Crippen molar-refractivity contribution < 1.29 is 33.4 Å². The van der Waals surface area contributed by atoms with Crippen molar-refractivity contribution in [2.45, 2.75) is 77.6 Å². The van der Waals surface area contributed by atoms with Gasteiger partial charge in [0.1, 0.15) is 11.4 Å². The van der Waals surface area contributed by atoms with Gasteiger partial charge in [0.15, 0.2) is 6.61 Å². The van der Waals surface area contributed by atoms with Crippen molar-refractivity contribution in [2.24, 2.45) is 0 Å². The van der Waals surface area contributed by atoms with Crippen molar-refractivity contribution in [2.75, 3.05) is 44.2 Å². The van der Waals surface area contributed by atoms with E-state index < -0.39 is 11.6 Å². The van der Waals surface area contributed by atoms with E-state index in [1.807, 2.05) is 27.7 Å². The van der Waals surface area contributed by atoms with E-state index in [1.54, 1.807) is 28.0 Å². The topological polar surface area (TPSA) is 118 Å². The molecule has 0 bridgehead atoms. The fraction of sp³-hybridized carbons (Fsp3) is 0.643. The summed E-state index contributed by atoms with van der Waals surface area (Å²) in [6.45, 7) is 10.2. The maximum atomic E-state index is 12.8. The van der Waals surface area contributed by atoms with Crippen molar-refractivity contribution in [1.29, 1.82) is 0 Å². The smallest absolute Gasteiger partial charge is 0.410 e. The molecule has 0 saturated carbocycles. The molecule has 3 heterocycles. The first kappa shape index (κ1) is 28.7. The zero-order valence-electron chi connectivity index (χ0n) is 23.4. The molecule has 1 aromatic carbocycles. The van der Waals surface area contributed by atoms with E-state index in [1.165, 1.54) is 4.90 Å². The van der Waals surface area contributed by atoms with Crippen LogP contribution in [-0.2, 0) is 19.1 Å². The van der Waals surface area contributed by atoms with Crippen LogP contribution in [0.2, 0.25) is 0 Å². The number of rotatable bonds is 6. The van der Waals surface area contributed by atoms with Crippen molar-refractivity contribution in [3.05, 3.63) is 23.8 Å². The van der Waals surface area contributed by atoms with Gasteiger partial charge in [-0.2, -0.15) is 0 Å². The number of carbonyl (C=O) groups excluding carboxylic acids is 4. The van der Waals surface area contributed by atoms with Gasteiger partial charge in [0.05, 0.1) is 12.2 Å². The summed E-state index contributed by atoms with van der Waals surface area (Å²) in [7, 11) is 0. The molecule has 0 spiro atoms. The number of nitrogens with zero attached hydrogens (tertiary/aromatic N) is 3. The predicted molar refractivity (Wildman–Crippen MR) is 144 cm³/mol. The Morgan fingerprint density at radius 3 is 2.13 bits per heavy atom. The summed E-state index contributed by atoms with van der Waals surface area (Å²) in [5, 5.41) is 2.32. The molecule has 39 heavy (non-hydrogen) atoms. The van der Waals surface area contributed by atoms with Gasteiger partial charge >= 0.3 is 12.1 Å². The minimum Gasteiger partial charge on any atom is -0.484 e. The van der Waals surface area contributed by atoms with Crippen LogP contribution >= 0.6 is 0 Å². The van der Waals surface area contributed by atoms with Crippen LogP contribution < -0.4 is 15.0 Å². The number of amides is 5. The number of benzene rings is 1. The number of likely N-dealkylation sites (tertiary alicyclic amines) is 2. The zero-order valence-corrected chi connectivity index (χ0v) is 23.4. The van der Waals surface area contributed by atoms with E-state index in [-0.39, 0.29) is 43.1 Å². The summed E-state index contributed by atoms with van der Waals surface area (Å²) in [5.74, 6) is 0.201. The van der Waals surface area contributed by atoms with Gasteiger partial charge < -0.3 is 24.0 Å². The van der Waals surface area contributed by atoms with Gasteiger partial charge in [0.25, 0.3) is 5.91 Å². The first-order valence-electron chi connectivity index (χ1n) is 13.7. The third-order valence-electron chi connectivity index (χ3n) is 7.15.